The van der Waals surface area contributed by atoms with E-state index in [1.54, 1.807) is 4.90 Å². The third-order valence-corrected chi connectivity index (χ3v) is 5.18. The van der Waals surface area contributed by atoms with E-state index in [0.717, 1.165) is 49.2 Å². The van der Waals surface area contributed by atoms with Crippen LogP contribution in [0.5, 0.6) is 0 Å². The Morgan fingerprint density at radius 1 is 1.04 bits per heavy atom. The van der Waals surface area contributed by atoms with Crippen LogP contribution in [-0.4, -0.2) is 18.4 Å². The molecule has 1 unspecified atom stereocenters. The number of amides is 2. The summed E-state index contributed by atoms with van der Waals surface area (Å²) in [7, 11) is 0. The standard InChI is InChI=1S/C21H22N2O2/c24-20-12-5-13-23(20)17-9-4-8-16(14-17)22-21(25)19-11-3-7-15-6-1-2-10-18(15)19/h1-2,4,6,8-10,14,19H,3,5,7,11-13H2,(H,22,25). The molecule has 1 heterocycles. The van der Waals surface area contributed by atoms with Crippen molar-refractivity contribution in [2.75, 3.05) is 16.8 Å². The van der Waals surface area contributed by atoms with Crippen molar-refractivity contribution in [3.05, 3.63) is 59.7 Å². The first-order chi connectivity index (χ1) is 12.2. The molecule has 2 aromatic carbocycles. The maximum Gasteiger partial charge on any atom is 0.231 e. The number of rotatable bonds is 3. The van der Waals surface area contributed by atoms with Gasteiger partial charge in [-0.3, -0.25) is 9.59 Å². The lowest BCUT2D eigenvalue weighted by Gasteiger charge is -2.25. The molecule has 4 rings (SSSR count). The van der Waals surface area contributed by atoms with Crippen LogP contribution in [0.15, 0.2) is 48.5 Å². The summed E-state index contributed by atoms with van der Waals surface area (Å²) in [6.45, 7) is 0.756. The second kappa shape index (κ2) is 6.71. The fraction of sp³-hybridized carbons (Fsp3) is 0.333. The Labute approximate surface area is 147 Å². The maximum absolute atomic E-state index is 12.8. The first kappa shape index (κ1) is 15.9. The number of nitrogens with zero attached hydrogens (tertiary/aromatic N) is 1. The SMILES string of the molecule is O=C(Nc1cccc(N2CCCC2=O)c1)C1CCCc2ccccc21. The molecule has 2 aliphatic rings. The fourth-order valence-corrected chi connectivity index (χ4v) is 3.93. The van der Waals surface area contributed by atoms with Crippen molar-refractivity contribution in [3.8, 4) is 0 Å². The van der Waals surface area contributed by atoms with Crippen LogP contribution < -0.4 is 10.2 Å². The first-order valence-corrected chi connectivity index (χ1v) is 9.01. The van der Waals surface area contributed by atoms with Crippen molar-refractivity contribution < 1.29 is 9.59 Å². The number of fused-ring (bicyclic) bond motifs is 1. The Balaban J connectivity index is 1.53. The Bertz CT molecular complexity index is 815. The van der Waals surface area contributed by atoms with Crippen LogP contribution in [-0.2, 0) is 16.0 Å². The number of anilines is 2. The second-order valence-electron chi connectivity index (χ2n) is 6.83. The van der Waals surface area contributed by atoms with E-state index in [2.05, 4.69) is 17.4 Å². The van der Waals surface area contributed by atoms with Crippen LogP contribution in [0.2, 0.25) is 0 Å². The average molecular weight is 334 g/mol. The van der Waals surface area contributed by atoms with E-state index in [-0.39, 0.29) is 17.7 Å². The van der Waals surface area contributed by atoms with E-state index in [9.17, 15) is 9.59 Å². The zero-order chi connectivity index (χ0) is 17.2. The topological polar surface area (TPSA) is 49.4 Å². The second-order valence-corrected chi connectivity index (χ2v) is 6.83. The van der Waals surface area contributed by atoms with E-state index in [0.29, 0.717) is 6.42 Å². The van der Waals surface area contributed by atoms with Gasteiger partial charge in [-0.2, -0.15) is 0 Å². The molecule has 4 heteroatoms. The molecular formula is C21H22N2O2. The van der Waals surface area contributed by atoms with Crippen molar-refractivity contribution in [1.29, 1.82) is 0 Å². The number of hydrogen-bond donors (Lipinski definition) is 1. The highest BCUT2D eigenvalue weighted by Crippen LogP contribution is 2.33. The summed E-state index contributed by atoms with van der Waals surface area (Å²) < 4.78 is 0. The quantitative estimate of drug-likeness (QED) is 0.926. The van der Waals surface area contributed by atoms with Crippen LogP contribution >= 0.6 is 0 Å². The third kappa shape index (κ3) is 3.16. The Hall–Kier alpha value is -2.62. The summed E-state index contributed by atoms with van der Waals surface area (Å²) in [5, 5.41) is 3.05. The minimum absolute atomic E-state index is 0.0389. The van der Waals surface area contributed by atoms with Crippen molar-refractivity contribution in [1.82, 2.24) is 0 Å². The molecule has 2 amide bonds. The van der Waals surface area contributed by atoms with Crippen LogP contribution in [0, 0.1) is 0 Å². The molecule has 1 atom stereocenters. The predicted octanol–water partition coefficient (Wildman–Crippen LogP) is 3.87. The van der Waals surface area contributed by atoms with Gasteiger partial charge in [-0.25, -0.2) is 0 Å². The molecule has 0 aromatic heterocycles. The largest absolute Gasteiger partial charge is 0.325 e. The van der Waals surface area contributed by atoms with Crippen molar-refractivity contribution >= 4 is 23.2 Å². The summed E-state index contributed by atoms with van der Waals surface area (Å²) in [6.07, 6.45) is 4.47. The molecule has 1 saturated heterocycles. The number of hydrogen-bond acceptors (Lipinski definition) is 2. The normalized spacial score (nSPS) is 19.6. The molecule has 0 bridgehead atoms. The van der Waals surface area contributed by atoms with Gasteiger partial charge in [0.2, 0.25) is 11.8 Å². The Kier molecular flexibility index (Phi) is 4.26. The molecule has 1 fully saturated rings. The highest BCUT2D eigenvalue weighted by molar-refractivity contribution is 5.98. The van der Waals surface area contributed by atoms with Gasteiger partial charge in [0, 0.05) is 24.3 Å². The minimum Gasteiger partial charge on any atom is -0.325 e. The highest BCUT2D eigenvalue weighted by atomic mass is 16.2. The van der Waals surface area contributed by atoms with Crippen LogP contribution in [0.3, 0.4) is 0 Å². The van der Waals surface area contributed by atoms with Crippen molar-refractivity contribution in [3.63, 3.8) is 0 Å². The molecule has 4 nitrogen and oxygen atoms in total. The zero-order valence-electron chi connectivity index (χ0n) is 14.2. The van der Waals surface area contributed by atoms with Gasteiger partial charge in [0.1, 0.15) is 0 Å². The van der Waals surface area contributed by atoms with Gasteiger partial charge in [-0.05, 0) is 55.0 Å². The van der Waals surface area contributed by atoms with E-state index < -0.39 is 0 Å². The molecule has 128 valence electrons. The summed E-state index contributed by atoms with van der Waals surface area (Å²) in [4.78, 5) is 26.6. The van der Waals surface area contributed by atoms with Gasteiger partial charge >= 0.3 is 0 Å². The van der Waals surface area contributed by atoms with E-state index in [1.165, 1.54) is 5.56 Å². The zero-order valence-corrected chi connectivity index (χ0v) is 14.2. The molecule has 0 radical (unpaired) electrons. The molecule has 1 aliphatic carbocycles. The van der Waals surface area contributed by atoms with Crippen LogP contribution in [0.1, 0.15) is 42.7 Å². The summed E-state index contributed by atoms with van der Waals surface area (Å²) in [5.74, 6) is 0.101. The number of aryl methyl sites for hydroxylation is 1. The molecule has 0 spiro atoms. The van der Waals surface area contributed by atoms with Crippen molar-refractivity contribution in [2.24, 2.45) is 0 Å². The Morgan fingerprint density at radius 2 is 1.92 bits per heavy atom. The van der Waals surface area contributed by atoms with E-state index in [1.807, 2.05) is 36.4 Å². The van der Waals surface area contributed by atoms with Crippen LogP contribution in [0.25, 0.3) is 0 Å². The third-order valence-electron chi connectivity index (χ3n) is 5.18. The van der Waals surface area contributed by atoms with Crippen LogP contribution in [0.4, 0.5) is 11.4 Å². The minimum atomic E-state index is -0.0953. The lowest BCUT2D eigenvalue weighted by molar-refractivity contribution is -0.118. The average Bonchev–Trinajstić information content (AvgIpc) is 3.07. The number of carbonyl (C=O) groups is 2. The van der Waals surface area contributed by atoms with Crippen molar-refractivity contribution in [2.45, 2.75) is 38.0 Å². The van der Waals surface area contributed by atoms with Gasteiger partial charge in [-0.15, -0.1) is 0 Å². The van der Waals surface area contributed by atoms with Gasteiger partial charge in [0.05, 0.1) is 5.92 Å². The van der Waals surface area contributed by atoms with E-state index in [4.69, 9.17) is 0 Å². The van der Waals surface area contributed by atoms with Gasteiger partial charge < -0.3 is 10.2 Å². The predicted molar refractivity (Wildman–Crippen MR) is 98.8 cm³/mol. The van der Waals surface area contributed by atoms with Gasteiger partial charge in [0.15, 0.2) is 0 Å². The van der Waals surface area contributed by atoms with E-state index >= 15 is 0 Å². The molecule has 1 N–H and O–H groups in total. The first-order valence-electron chi connectivity index (χ1n) is 9.01. The monoisotopic (exact) mass is 334 g/mol. The fourth-order valence-electron chi connectivity index (χ4n) is 3.93. The Morgan fingerprint density at radius 3 is 2.76 bits per heavy atom. The number of nitrogens with one attached hydrogen (secondary N) is 1. The lowest BCUT2D eigenvalue weighted by Crippen LogP contribution is -2.25. The molecule has 0 saturated carbocycles. The molecule has 1 aliphatic heterocycles. The highest BCUT2D eigenvalue weighted by Gasteiger charge is 2.26. The molecule has 25 heavy (non-hydrogen) atoms. The molecule has 2 aromatic rings. The number of carbonyl (C=O) groups excluding carboxylic acids is 2. The summed E-state index contributed by atoms with van der Waals surface area (Å²) in [6, 6.07) is 15.8. The summed E-state index contributed by atoms with van der Waals surface area (Å²) >= 11 is 0. The maximum atomic E-state index is 12.8. The van der Waals surface area contributed by atoms with Gasteiger partial charge in [0.25, 0.3) is 0 Å². The smallest absolute Gasteiger partial charge is 0.231 e. The number of benzene rings is 2. The molecular weight excluding hydrogens is 312 g/mol. The van der Waals surface area contributed by atoms with Gasteiger partial charge in [-0.1, -0.05) is 30.3 Å². The summed E-state index contributed by atoms with van der Waals surface area (Å²) in [5.41, 5.74) is 4.05. The lowest BCUT2D eigenvalue weighted by atomic mass is 9.82.